The number of aliphatic hydroxyl groups excluding tert-OH is 1. The fourth-order valence-corrected chi connectivity index (χ4v) is 3.34. The fourth-order valence-electron chi connectivity index (χ4n) is 3.14. The second-order valence-corrected chi connectivity index (χ2v) is 5.01. The van der Waals surface area contributed by atoms with Crippen molar-refractivity contribution < 1.29 is 9.29 Å². The minimum Gasteiger partial charge on any atom is -0.433 e. The Morgan fingerprint density at radius 3 is 2.93 bits per heavy atom. The van der Waals surface area contributed by atoms with Gasteiger partial charge in [-0.2, -0.15) is 0 Å². The fraction of sp³-hybridized carbons (Fsp3) is 0.667. The molecule has 0 aromatic heterocycles. The van der Waals surface area contributed by atoms with Gasteiger partial charge in [-0.25, -0.2) is 0 Å². The van der Waals surface area contributed by atoms with Gasteiger partial charge in [-0.15, -0.1) is 0 Å². The zero-order chi connectivity index (χ0) is 11.1. The molecule has 2 aliphatic rings. The lowest BCUT2D eigenvalue weighted by molar-refractivity contribution is 0.0337. The first-order valence-electron chi connectivity index (χ1n) is 5.48. The third kappa shape index (κ3) is 1.53. The van der Waals surface area contributed by atoms with Gasteiger partial charge in [0.2, 0.25) is 0 Å². The molecule has 1 saturated carbocycles. The van der Waals surface area contributed by atoms with Crippen LogP contribution in [-0.4, -0.2) is 11.2 Å². The molecule has 0 bridgehead atoms. The second-order valence-electron chi connectivity index (χ2n) is 4.83. The van der Waals surface area contributed by atoms with Crippen molar-refractivity contribution in [3.63, 3.8) is 0 Å². The van der Waals surface area contributed by atoms with Gasteiger partial charge in [0.15, 0.2) is 0 Å². The maximum absolute atomic E-state index is 10.0. The molecule has 2 rings (SSSR count). The Bertz CT molecular complexity index is 311. The minimum atomic E-state index is -0.182. The molecule has 3 heteroatoms. The molecule has 0 aliphatic heterocycles. The van der Waals surface area contributed by atoms with Crippen LogP contribution in [0.1, 0.15) is 32.6 Å². The van der Waals surface area contributed by atoms with Gasteiger partial charge < -0.3 is 9.29 Å². The number of rotatable bonds is 2. The van der Waals surface area contributed by atoms with Gasteiger partial charge in [-0.05, 0) is 30.8 Å². The average Bonchev–Trinajstić information content (AvgIpc) is 2.54. The molecule has 0 saturated heterocycles. The molecular weight excluding hydrogens is 208 g/mol. The van der Waals surface area contributed by atoms with Gasteiger partial charge in [-0.3, -0.25) is 0 Å². The minimum absolute atomic E-state index is 0.0132. The molecule has 15 heavy (non-hydrogen) atoms. The number of thiol groups is 1. The van der Waals surface area contributed by atoms with Crippen LogP contribution in [0.4, 0.5) is 0 Å². The van der Waals surface area contributed by atoms with Gasteiger partial charge in [0.1, 0.15) is 5.76 Å². The molecule has 2 aliphatic carbocycles. The van der Waals surface area contributed by atoms with Gasteiger partial charge in [0.05, 0.1) is 6.10 Å². The van der Waals surface area contributed by atoms with Crippen molar-refractivity contribution in [3.05, 3.63) is 24.0 Å². The van der Waals surface area contributed by atoms with Crippen molar-refractivity contribution in [3.8, 4) is 0 Å². The molecular formula is C12H18O2S. The molecule has 84 valence electrons. The summed E-state index contributed by atoms with van der Waals surface area (Å²) in [5.41, 5.74) is 1.16. The van der Waals surface area contributed by atoms with Crippen LogP contribution in [-0.2, 0) is 4.18 Å². The van der Waals surface area contributed by atoms with E-state index < -0.39 is 0 Å². The summed E-state index contributed by atoms with van der Waals surface area (Å²) in [6.07, 6.45) is 5.43. The highest BCUT2D eigenvalue weighted by Gasteiger charge is 2.49. The van der Waals surface area contributed by atoms with Crippen LogP contribution in [0, 0.1) is 11.3 Å². The number of fused-ring (bicyclic) bond motifs is 1. The summed E-state index contributed by atoms with van der Waals surface area (Å²) in [6, 6.07) is 0. The Morgan fingerprint density at radius 2 is 2.33 bits per heavy atom. The SMILES string of the molecule is C=CC1=C(OS)CC[C@]2(C)[C@@H](O)CC[C@@H]12. The summed E-state index contributed by atoms with van der Waals surface area (Å²) in [5.74, 6) is 1.32. The Balaban J connectivity index is 2.39. The average molecular weight is 226 g/mol. The third-order valence-corrected chi connectivity index (χ3v) is 4.42. The summed E-state index contributed by atoms with van der Waals surface area (Å²) >= 11 is 3.89. The standard InChI is InChI=1S/C12H18O2S/c1-3-8-9-4-5-11(13)12(9,2)7-6-10(8)14-15/h3,9,11,13,15H,1,4-7H2,2H3/t9-,11-,12-/m0/s1. The summed E-state index contributed by atoms with van der Waals surface area (Å²) in [7, 11) is 0. The van der Waals surface area contributed by atoms with Crippen LogP contribution in [0.5, 0.6) is 0 Å². The van der Waals surface area contributed by atoms with Crippen LogP contribution in [0.2, 0.25) is 0 Å². The van der Waals surface area contributed by atoms with E-state index >= 15 is 0 Å². The Labute approximate surface area is 96.6 Å². The first-order chi connectivity index (χ1) is 7.13. The van der Waals surface area contributed by atoms with Gasteiger partial charge in [0, 0.05) is 24.7 Å². The molecule has 0 aromatic rings. The Morgan fingerprint density at radius 1 is 1.60 bits per heavy atom. The van der Waals surface area contributed by atoms with Crippen LogP contribution < -0.4 is 0 Å². The lowest BCUT2D eigenvalue weighted by Gasteiger charge is -2.39. The lowest BCUT2D eigenvalue weighted by Crippen LogP contribution is -2.36. The second kappa shape index (κ2) is 3.87. The van der Waals surface area contributed by atoms with Gasteiger partial charge in [0.25, 0.3) is 0 Å². The smallest absolute Gasteiger partial charge is 0.117 e. The Hall–Kier alpha value is -0.410. The van der Waals surface area contributed by atoms with Crippen molar-refractivity contribution >= 4 is 12.9 Å². The normalized spacial score (nSPS) is 40.2. The predicted molar refractivity (Wildman–Crippen MR) is 63.4 cm³/mol. The van der Waals surface area contributed by atoms with E-state index in [1.807, 2.05) is 6.08 Å². The third-order valence-electron chi connectivity index (χ3n) is 4.20. The molecule has 2 nitrogen and oxygen atoms in total. The van der Waals surface area contributed by atoms with Crippen LogP contribution in [0.15, 0.2) is 24.0 Å². The van der Waals surface area contributed by atoms with E-state index in [0.717, 1.165) is 37.0 Å². The zero-order valence-electron chi connectivity index (χ0n) is 9.07. The van der Waals surface area contributed by atoms with E-state index in [9.17, 15) is 5.11 Å². The van der Waals surface area contributed by atoms with E-state index in [1.54, 1.807) is 0 Å². The van der Waals surface area contributed by atoms with E-state index in [4.69, 9.17) is 4.18 Å². The molecule has 0 heterocycles. The van der Waals surface area contributed by atoms with E-state index in [0.29, 0.717) is 5.92 Å². The van der Waals surface area contributed by atoms with Crippen molar-refractivity contribution in [1.82, 2.24) is 0 Å². The summed E-state index contributed by atoms with van der Waals surface area (Å²) in [6.45, 7) is 6.02. The highest BCUT2D eigenvalue weighted by Crippen LogP contribution is 2.54. The van der Waals surface area contributed by atoms with Gasteiger partial charge >= 0.3 is 0 Å². The zero-order valence-corrected chi connectivity index (χ0v) is 9.96. The Kier molecular flexibility index (Phi) is 2.86. The number of hydrogen-bond donors (Lipinski definition) is 2. The predicted octanol–water partition coefficient (Wildman–Crippen LogP) is 2.86. The lowest BCUT2D eigenvalue weighted by atomic mass is 9.67. The highest BCUT2D eigenvalue weighted by molar-refractivity contribution is 7.75. The molecule has 0 radical (unpaired) electrons. The van der Waals surface area contributed by atoms with Crippen LogP contribution >= 0.6 is 12.9 Å². The topological polar surface area (TPSA) is 29.5 Å². The van der Waals surface area contributed by atoms with Crippen molar-refractivity contribution in [1.29, 1.82) is 0 Å². The maximum atomic E-state index is 10.0. The monoisotopic (exact) mass is 226 g/mol. The molecule has 0 spiro atoms. The van der Waals surface area contributed by atoms with E-state index in [-0.39, 0.29) is 11.5 Å². The van der Waals surface area contributed by atoms with Crippen molar-refractivity contribution in [2.75, 3.05) is 0 Å². The van der Waals surface area contributed by atoms with E-state index in [2.05, 4.69) is 26.4 Å². The molecule has 0 aromatic carbocycles. The van der Waals surface area contributed by atoms with Gasteiger partial charge in [-0.1, -0.05) is 19.6 Å². The first kappa shape index (κ1) is 11.1. The van der Waals surface area contributed by atoms with Crippen molar-refractivity contribution in [2.45, 2.75) is 38.7 Å². The molecule has 0 amide bonds. The quantitative estimate of drug-likeness (QED) is 0.560. The largest absolute Gasteiger partial charge is 0.433 e. The molecule has 1 N–H and O–H groups in total. The number of hydrogen-bond acceptors (Lipinski definition) is 3. The highest BCUT2D eigenvalue weighted by atomic mass is 32.1. The number of aliphatic hydroxyl groups is 1. The van der Waals surface area contributed by atoms with Crippen LogP contribution in [0.3, 0.4) is 0 Å². The first-order valence-corrected chi connectivity index (χ1v) is 5.85. The summed E-state index contributed by atoms with van der Waals surface area (Å²) in [4.78, 5) is 0. The summed E-state index contributed by atoms with van der Waals surface area (Å²) in [5, 5.41) is 10.0. The maximum Gasteiger partial charge on any atom is 0.117 e. The van der Waals surface area contributed by atoms with Crippen LogP contribution in [0.25, 0.3) is 0 Å². The van der Waals surface area contributed by atoms with Crippen molar-refractivity contribution in [2.24, 2.45) is 11.3 Å². The number of allylic oxidation sites excluding steroid dienone is 3. The molecule has 0 unspecified atom stereocenters. The summed E-state index contributed by atoms with van der Waals surface area (Å²) < 4.78 is 5.10. The molecule has 1 fully saturated rings. The van der Waals surface area contributed by atoms with E-state index in [1.165, 1.54) is 0 Å². The molecule has 3 atom stereocenters.